The molecule has 1 unspecified atom stereocenters. The van der Waals surface area contributed by atoms with E-state index < -0.39 is 15.3 Å². The summed E-state index contributed by atoms with van der Waals surface area (Å²) >= 11 is 0. The van der Waals surface area contributed by atoms with Gasteiger partial charge in [-0.15, -0.1) is 0 Å². The van der Waals surface area contributed by atoms with Crippen LogP contribution in [0.3, 0.4) is 0 Å². The van der Waals surface area contributed by atoms with Crippen LogP contribution in [0.15, 0.2) is 0 Å². The Bertz CT molecular complexity index is 304. The molecule has 110 valence electrons. The molecule has 6 heteroatoms. The molecule has 1 atom stereocenters. The summed E-state index contributed by atoms with van der Waals surface area (Å²) in [5, 5.41) is 2.73. The van der Waals surface area contributed by atoms with Crippen molar-refractivity contribution in [3.8, 4) is 0 Å². The second-order valence-electron chi connectivity index (χ2n) is 5.03. The first-order valence-corrected chi connectivity index (χ1v) is 8.25. The molecule has 0 saturated carbocycles. The van der Waals surface area contributed by atoms with Crippen molar-refractivity contribution in [1.82, 2.24) is 14.9 Å². The number of hydrogen-bond acceptors (Lipinski definition) is 4. The van der Waals surface area contributed by atoms with Gasteiger partial charge in [0.15, 0.2) is 0 Å². The van der Waals surface area contributed by atoms with E-state index in [9.17, 15) is 8.42 Å². The average Bonchev–Trinajstić information content (AvgIpc) is 2.28. The van der Waals surface area contributed by atoms with Gasteiger partial charge in [-0.2, -0.15) is 0 Å². The molecule has 0 heterocycles. The maximum Gasteiger partial charge on any atom is 0.215 e. The Morgan fingerprint density at radius 1 is 1.17 bits per heavy atom. The van der Waals surface area contributed by atoms with Gasteiger partial charge in [-0.3, -0.25) is 0 Å². The fraction of sp³-hybridized carbons (Fsp3) is 1.00. The molecule has 0 saturated heterocycles. The van der Waals surface area contributed by atoms with Gasteiger partial charge in [-0.25, -0.2) is 13.1 Å². The third-order valence-electron chi connectivity index (χ3n) is 3.04. The minimum absolute atomic E-state index is 0.395. The average molecular weight is 279 g/mol. The predicted octanol–water partition coefficient (Wildman–Crippen LogP) is 0.634. The highest BCUT2D eigenvalue weighted by Crippen LogP contribution is 1.97. The van der Waals surface area contributed by atoms with Crippen molar-refractivity contribution in [3.05, 3.63) is 0 Å². The van der Waals surface area contributed by atoms with Crippen LogP contribution in [-0.4, -0.2) is 57.8 Å². The van der Waals surface area contributed by atoms with Crippen LogP contribution in [-0.2, 0) is 10.0 Å². The number of nitrogens with one attached hydrogen (secondary N) is 2. The molecule has 2 N–H and O–H groups in total. The first kappa shape index (κ1) is 17.8. The quantitative estimate of drug-likeness (QED) is 0.576. The summed E-state index contributed by atoms with van der Waals surface area (Å²) in [5.41, 5.74) is 0. The molecular weight excluding hydrogens is 250 g/mol. The summed E-state index contributed by atoms with van der Waals surface area (Å²) in [6, 6.07) is 0.429. The lowest BCUT2D eigenvalue weighted by atomic mass is 10.3. The van der Waals surface area contributed by atoms with Crippen LogP contribution < -0.4 is 10.0 Å². The van der Waals surface area contributed by atoms with Gasteiger partial charge in [0.05, 0.1) is 5.25 Å². The number of hydrogen-bond donors (Lipinski definition) is 2. The molecule has 5 nitrogen and oxygen atoms in total. The van der Waals surface area contributed by atoms with E-state index in [0.29, 0.717) is 19.1 Å². The van der Waals surface area contributed by atoms with Crippen LogP contribution in [0.25, 0.3) is 0 Å². The third kappa shape index (κ3) is 7.31. The van der Waals surface area contributed by atoms with Gasteiger partial charge >= 0.3 is 0 Å². The topological polar surface area (TPSA) is 61.4 Å². The second-order valence-corrected chi connectivity index (χ2v) is 7.21. The van der Waals surface area contributed by atoms with Crippen molar-refractivity contribution >= 4 is 10.0 Å². The third-order valence-corrected chi connectivity index (χ3v) is 4.87. The molecule has 0 radical (unpaired) electrons. The Balaban J connectivity index is 3.99. The maximum absolute atomic E-state index is 11.9. The Labute approximate surface area is 112 Å². The smallest absolute Gasteiger partial charge is 0.215 e. The van der Waals surface area contributed by atoms with Crippen LogP contribution in [0.2, 0.25) is 0 Å². The van der Waals surface area contributed by atoms with E-state index in [1.54, 1.807) is 6.92 Å². The summed E-state index contributed by atoms with van der Waals surface area (Å²) in [5.74, 6) is 0. The summed E-state index contributed by atoms with van der Waals surface area (Å²) in [4.78, 5) is 2.11. The Kier molecular flexibility index (Phi) is 8.77. The van der Waals surface area contributed by atoms with Crippen molar-refractivity contribution in [3.63, 3.8) is 0 Å². The molecule has 0 amide bonds. The second kappa shape index (κ2) is 8.85. The standard InChI is InChI=1S/C12H29N3O2S/c1-6-7-13-10-12(4)18(16,17)14-8-9-15(5)11(2)3/h11-14H,6-10H2,1-5H3. The molecular formula is C12H29N3O2S. The Morgan fingerprint density at radius 3 is 2.28 bits per heavy atom. The minimum atomic E-state index is -3.20. The normalized spacial score (nSPS) is 14.4. The first-order chi connectivity index (χ1) is 8.31. The van der Waals surface area contributed by atoms with E-state index in [1.807, 2.05) is 7.05 Å². The number of sulfonamides is 1. The Morgan fingerprint density at radius 2 is 1.78 bits per heavy atom. The zero-order valence-corrected chi connectivity index (χ0v) is 13.2. The van der Waals surface area contributed by atoms with Gasteiger partial charge < -0.3 is 10.2 Å². The van der Waals surface area contributed by atoms with Crippen molar-refractivity contribution in [2.75, 3.05) is 33.2 Å². The van der Waals surface area contributed by atoms with E-state index in [0.717, 1.165) is 19.5 Å². The molecule has 0 spiro atoms. The van der Waals surface area contributed by atoms with Gasteiger partial charge in [-0.05, 0) is 40.8 Å². The highest BCUT2D eigenvalue weighted by molar-refractivity contribution is 7.90. The van der Waals surface area contributed by atoms with Crippen LogP contribution in [0.5, 0.6) is 0 Å². The van der Waals surface area contributed by atoms with E-state index in [2.05, 4.69) is 35.7 Å². The lowest BCUT2D eigenvalue weighted by Gasteiger charge is -2.21. The zero-order valence-electron chi connectivity index (χ0n) is 12.4. The van der Waals surface area contributed by atoms with Gasteiger partial charge in [0, 0.05) is 25.7 Å². The van der Waals surface area contributed by atoms with Gasteiger partial charge in [0.1, 0.15) is 0 Å². The monoisotopic (exact) mass is 279 g/mol. The summed E-state index contributed by atoms with van der Waals surface area (Å²) < 4.78 is 26.5. The summed E-state index contributed by atoms with van der Waals surface area (Å²) in [6.45, 7) is 10.5. The molecule has 0 aliphatic heterocycles. The minimum Gasteiger partial charge on any atom is -0.315 e. The fourth-order valence-electron chi connectivity index (χ4n) is 1.36. The number of nitrogens with zero attached hydrogens (tertiary/aromatic N) is 1. The highest BCUT2D eigenvalue weighted by atomic mass is 32.2. The highest BCUT2D eigenvalue weighted by Gasteiger charge is 2.19. The molecule has 0 bridgehead atoms. The van der Waals surface area contributed by atoms with Crippen LogP contribution in [0, 0.1) is 0 Å². The van der Waals surface area contributed by atoms with Crippen LogP contribution in [0.4, 0.5) is 0 Å². The van der Waals surface area contributed by atoms with E-state index >= 15 is 0 Å². The molecule has 0 aliphatic rings. The molecule has 0 aliphatic carbocycles. The van der Waals surface area contributed by atoms with Gasteiger partial charge in [-0.1, -0.05) is 6.92 Å². The lowest BCUT2D eigenvalue weighted by Crippen LogP contribution is -2.42. The summed E-state index contributed by atoms with van der Waals surface area (Å²) in [7, 11) is -1.21. The largest absolute Gasteiger partial charge is 0.315 e. The number of likely N-dealkylation sites (N-methyl/N-ethyl adjacent to an activating group) is 1. The molecule has 0 aromatic carbocycles. The summed E-state index contributed by atoms with van der Waals surface area (Å²) in [6.07, 6.45) is 1.01. The Hall–Kier alpha value is -0.170. The molecule has 0 aromatic rings. The van der Waals surface area contributed by atoms with Gasteiger partial charge in [0.25, 0.3) is 0 Å². The lowest BCUT2D eigenvalue weighted by molar-refractivity contribution is 0.278. The molecule has 0 fully saturated rings. The van der Waals surface area contributed by atoms with Crippen molar-refractivity contribution in [1.29, 1.82) is 0 Å². The van der Waals surface area contributed by atoms with Crippen LogP contribution in [0.1, 0.15) is 34.1 Å². The molecule has 0 aromatic heterocycles. The van der Waals surface area contributed by atoms with Crippen molar-refractivity contribution in [2.24, 2.45) is 0 Å². The number of rotatable bonds is 10. The molecule has 0 rings (SSSR count). The van der Waals surface area contributed by atoms with Gasteiger partial charge in [0.2, 0.25) is 10.0 Å². The van der Waals surface area contributed by atoms with Crippen molar-refractivity contribution < 1.29 is 8.42 Å². The van der Waals surface area contributed by atoms with Crippen molar-refractivity contribution in [2.45, 2.75) is 45.4 Å². The maximum atomic E-state index is 11.9. The predicted molar refractivity (Wildman–Crippen MR) is 77.3 cm³/mol. The first-order valence-electron chi connectivity index (χ1n) is 6.70. The van der Waals surface area contributed by atoms with E-state index in [4.69, 9.17) is 0 Å². The fourth-order valence-corrected chi connectivity index (χ4v) is 2.35. The van der Waals surface area contributed by atoms with E-state index in [-0.39, 0.29) is 0 Å². The molecule has 18 heavy (non-hydrogen) atoms. The zero-order chi connectivity index (χ0) is 14.2. The van der Waals surface area contributed by atoms with E-state index in [1.165, 1.54) is 0 Å². The van der Waals surface area contributed by atoms with Crippen LogP contribution >= 0.6 is 0 Å². The SMILES string of the molecule is CCCNCC(C)S(=O)(=O)NCCN(C)C(C)C.